The molecule has 1 aromatic heterocycles. The van der Waals surface area contributed by atoms with E-state index in [1.165, 1.54) is 4.31 Å². The average molecular weight is 402 g/mol. The lowest BCUT2D eigenvalue weighted by Gasteiger charge is -2.33. The van der Waals surface area contributed by atoms with Crippen molar-refractivity contribution >= 4 is 49.1 Å². The number of nitrogens with zero attached hydrogens (tertiary/aromatic N) is 2. The molecule has 0 amide bonds. The van der Waals surface area contributed by atoms with E-state index in [9.17, 15) is 8.42 Å². The van der Waals surface area contributed by atoms with Crippen LogP contribution < -0.4 is 0 Å². The minimum Gasteiger partial charge on any atom is -0.195 e. The fourth-order valence-electron chi connectivity index (χ4n) is 2.33. The summed E-state index contributed by atoms with van der Waals surface area (Å²) in [5, 5.41) is 1.97. The Bertz CT molecular complexity index is 549. The molecule has 114 valence electrons. The first-order valence-corrected chi connectivity index (χ1v) is 10.0. The van der Waals surface area contributed by atoms with Crippen molar-refractivity contribution in [3.05, 3.63) is 20.8 Å². The van der Waals surface area contributed by atoms with E-state index in [-0.39, 0.29) is 5.92 Å². The summed E-state index contributed by atoms with van der Waals surface area (Å²) in [4.78, 5) is 0. The quantitative estimate of drug-likeness (QED) is 0.711. The standard InChI is InChI=1S/C12H18BrClN2O2S2/c1-15(7-11-5-12(13)19-9-11)20(17,18)16-4-2-3-10(6-14)8-16/h5,9-10H,2-4,6-8H2,1H3. The van der Waals surface area contributed by atoms with Gasteiger partial charge in [-0.05, 0) is 51.7 Å². The van der Waals surface area contributed by atoms with E-state index in [0.29, 0.717) is 25.5 Å². The molecule has 1 atom stereocenters. The second kappa shape index (κ2) is 7.07. The van der Waals surface area contributed by atoms with Crippen LogP contribution in [-0.2, 0) is 16.8 Å². The molecule has 1 aliphatic rings. The molecule has 1 aromatic rings. The van der Waals surface area contributed by atoms with Crippen LogP contribution in [0.4, 0.5) is 0 Å². The van der Waals surface area contributed by atoms with Crippen LogP contribution in [0.15, 0.2) is 15.2 Å². The Morgan fingerprint density at radius 1 is 1.60 bits per heavy atom. The van der Waals surface area contributed by atoms with E-state index in [0.717, 1.165) is 22.2 Å². The SMILES string of the molecule is CN(Cc1csc(Br)c1)S(=O)(=O)N1CCCC(CCl)C1. The third-order valence-corrected chi connectivity index (χ3v) is 7.34. The smallest absolute Gasteiger partial charge is 0.195 e. The zero-order chi connectivity index (χ0) is 14.8. The Labute approximate surface area is 138 Å². The summed E-state index contributed by atoms with van der Waals surface area (Å²) >= 11 is 10.8. The second-order valence-corrected chi connectivity index (χ2v) is 9.68. The van der Waals surface area contributed by atoms with Crippen molar-refractivity contribution in [1.29, 1.82) is 0 Å². The van der Waals surface area contributed by atoms with Gasteiger partial charge in [0.1, 0.15) is 0 Å². The topological polar surface area (TPSA) is 40.6 Å². The molecule has 1 fully saturated rings. The Kier molecular flexibility index (Phi) is 5.90. The molecule has 0 saturated carbocycles. The van der Waals surface area contributed by atoms with Crippen LogP contribution in [0.5, 0.6) is 0 Å². The molecule has 1 unspecified atom stereocenters. The van der Waals surface area contributed by atoms with Crippen molar-refractivity contribution in [1.82, 2.24) is 8.61 Å². The van der Waals surface area contributed by atoms with Crippen molar-refractivity contribution in [3.63, 3.8) is 0 Å². The van der Waals surface area contributed by atoms with Crippen molar-refractivity contribution < 1.29 is 8.42 Å². The van der Waals surface area contributed by atoms with Crippen LogP contribution in [-0.4, -0.2) is 43.0 Å². The van der Waals surface area contributed by atoms with Gasteiger partial charge in [0.25, 0.3) is 10.2 Å². The summed E-state index contributed by atoms with van der Waals surface area (Å²) in [5.41, 5.74) is 0.999. The Morgan fingerprint density at radius 3 is 2.95 bits per heavy atom. The number of alkyl halides is 1. The monoisotopic (exact) mass is 400 g/mol. The molecule has 20 heavy (non-hydrogen) atoms. The molecule has 4 nitrogen and oxygen atoms in total. The molecule has 0 bridgehead atoms. The molecule has 1 aliphatic heterocycles. The molecule has 1 saturated heterocycles. The summed E-state index contributed by atoms with van der Waals surface area (Å²) < 4.78 is 29.1. The highest BCUT2D eigenvalue weighted by atomic mass is 79.9. The van der Waals surface area contributed by atoms with Gasteiger partial charge in [0, 0.05) is 32.6 Å². The van der Waals surface area contributed by atoms with E-state index < -0.39 is 10.2 Å². The number of halogens is 2. The molecular weight excluding hydrogens is 384 g/mol. The molecule has 8 heteroatoms. The highest BCUT2D eigenvalue weighted by molar-refractivity contribution is 9.11. The lowest BCUT2D eigenvalue weighted by molar-refractivity contribution is 0.265. The molecule has 0 aliphatic carbocycles. The Hall–Kier alpha value is 0.340. The van der Waals surface area contributed by atoms with Crippen molar-refractivity contribution in [2.24, 2.45) is 5.92 Å². The first-order chi connectivity index (χ1) is 9.43. The molecule has 0 N–H and O–H groups in total. The third-order valence-electron chi connectivity index (χ3n) is 3.45. The van der Waals surface area contributed by atoms with Gasteiger partial charge in [0.2, 0.25) is 0 Å². The maximum absolute atomic E-state index is 12.6. The molecule has 2 heterocycles. The van der Waals surface area contributed by atoms with Crippen LogP contribution in [0.1, 0.15) is 18.4 Å². The molecule has 0 spiro atoms. The average Bonchev–Trinajstić information content (AvgIpc) is 2.84. The van der Waals surface area contributed by atoms with Gasteiger partial charge in [0.15, 0.2) is 0 Å². The predicted octanol–water partition coefficient (Wildman–Crippen LogP) is 3.14. The summed E-state index contributed by atoms with van der Waals surface area (Å²) in [6, 6.07) is 1.95. The fraction of sp³-hybridized carbons (Fsp3) is 0.667. The molecule has 2 rings (SSSR count). The summed E-state index contributed by atoms with van der Waals surface area (Å²) in [5.74, 6) is 0.789. The van der Waals surface area contributed by atoms with Crippen LogP contribution in [0.3, 0.4) is 0 Å². The van der Waals surface area contributed by atoms with E-state index in [2.05, 4.69) is 15.9 Å². The number of piperidine rings is 1. The van der Waals surface area contributed by atoms with Gasteiger partial charge >= 0.3 is 0 Å². The minimum absolute atomic E-state index is 0.267. The maximum atomic E-state index is 12.6. The normalized spacial score (nSPS) is 21.5. The van der Waals surface area contributed by atoms with Gasteiger partial charge in [-0.3, -0.25) is 0 Å². The van der Waals surface area contributed by atoms with E-state index in [1.807, 2.05) is 11.4 Å². The number of thiophene rings is 1. The van der Waals surface area contributed by atoms with Crippen LogP contribution >= 0.6 is 38.9 Å². The largest absolute Gasteiger partial charge is 0.282 e. The summed E-state index contributed by atoms with van der Waals surface area (Å²) in [7, 11) is -1.77. The third kappa shape index (κ3) is 3.96. The van der Waals surface area contributed by atoms with Gasteiger partial charge in [-0.2, -0.15) is 17.0 Å². The number of hydrogen-bond acceptors (Lipinski definition) is 3. The van der Waals surface area contributed by atoms with Crippen LogP contribution in [0.25, 0.3) is 0 Å². The number of rotatable bonds is 5. The number of hydrogen-bond donors (Lipinski definition) is 0. The van der Waals surface area contributed by atoms with Crippen molar-refractivity contribution in [3.8, 4) is 0 Å². The fourth-order valence-corrected chi connectivity index (χ4v) is 5.24. The van der Waals surface area contributed by atoms with E-state index in [1.54, 1.807) is 22.7 Å². The Morgan fingerprint density at radius 2 is 2.35 bits per heavy atom. The van der Waals surface area contributed by atoms with Gasteiger partial charge in [0.05, 0.1) is 3.79 Å². The van der Waals surface area contributed by atoms with Crippen LogP contribution in [0.2, 0.25) is 0 Å². The highest BCUT2D eigenvalue weighted by Gasteiger charge is 2.31. The summed E-state index contributed by atoms with van der Waals surface area (Å²) in [6.45, 7) is 1.52. The minimum atomic E-state index is -3.40. The molecule has 0 radical (unpaired) electrons. The van der Waals surface area contributed by atoms with Crippen molar-refractivity contribution in [2.75, 3.05) is 26.0 Å². The van der Waals surface area contributed by atoms with Gasteiger partial charge < -0.3 is 0 Å². The zero-order valence-corrected chi connectivity index (χ0v) is 15.2. The Balaban J connectivity index is 2.05. The van der Waals surface area contributed by atoms with Crippen LogP contribution in [0, 0.1) is 5.92 Å². The maximum Gasteiger partial charge on any atom is 0.282 e. The van der Waals surface area contributed by atoms with Gasteiger partial charge in [-0.1, -0.05) is 0 Å². The highest BCUT2D eigenvalue weighted by Crippen LogP contribution is 2.25. The second-order valence-electron chi connectivity index (χ2n) is 5.04. The first kappa shape index (κ1) is 16.7. The lowest BCUT2D eigenvalue weighted by atomic mass is 10.0. The first-order valence-electron chi connectivity index (χ1n) is 6.43. The van der Waals surface area contributed by atoms with E-state index in [4.69, 9.17) is 11.6 Å². The lowest BCUT2D eigenvalue weighted by Crippen LogP contribution is -2.46. The van der Waals surface area contributed by atoms with Crippen molar-refractivity contribution in [2.45, 2.75) is 19.4 Å². The molecular formula is C12H18BrClN2O2S2. The van der Waals surface area contributed by atoms with E-state index >= 15 is 0 Å². The van der Waals surface area contributed by atoms with Gasteiger partial charge in [-0.25, -0.2) is 0 Å². The predicted molar refractivity (Wildman–Crippen MR) is 87.4 cm³/mol. The molecule has 0 aromatic carbocycles. The van der Waals surface area contributed by atoms with Gasteiger partial charge in [-0.15, -0.1) is 22.9 Å². The summed E-state index contributed by atoms with van der Waals surface area (Å²) in [6.07, 6.45) is 1.89. The zero-order valence-electron chi connectivity index (χ0n) is 11.3.